The molecule has 0 bridgehead atoms. The number of sulfonamides is 1. The van der Waals surface area contributed by atoms with Crippen LogP contribution in [0.1, 0.15) is 32.3 Å². The van der Waals surface area contributed by atoms with Crippen LogP contribution in [-0.2, 0) is 21.4 Å². The van der Waals surface area contributed by atoms with Gasteiger partial charge in [0.2, 0.25) is 15.9 Å². The van der Waals surface area contributed by atoms with Gasteiger partial charge in [-0.15, -0.1) is 0 Å². The van der Waals surface area contributed by atoms with E-state index in [0.717, 1.165) is 39.0 Å². The lowest BCUT2D eigenvalue weighted by Gasteiger charge is -2.33. The molecule has 0 aliphatic carbocycles. The minimum Gasteiger partial charge on any atom is -0.325 e. The number of likely N-dealkylation sites (tertiary alicyclic amines) is 1. The van der Waals surface area contributed by atoms with Crippen LogP contribution in [0.2, 0.25) is 0 Å². The van der Waals surface area contributed by atoms with Crippen molar-refractivity contribution < 1.29 is 13.2 Å². The molecule has 1 aliphatic rings. The van der Waals surface area contributed by atoms with Gasteiger partial charge in [-0.2, -0.15) is 4.31 Å². The Labute approximate surface area is 204 Å². The summed E-state index contributed by atoms with van der Waals surface area (Å²) in [6.45, 7) is 8.70. The van der Waals surface area contributed by atoms with Gasteiger partial charge in [0.1, 0.15) is 0 Å². The number of anilines is 1. The maximum Gasteiger partial charge on any atom is 0.243 e. The van der Waals surface area contributed by atoms with Crippen LogP contribution in [-0.4, -0.2) is 74.7 Å². The molecule has 0 atom stereocenters. The smallest absolute Gasteiger partial charge is 0.243 e. The molecule has 1 aliphatic heterocycles. The zero-order valence-corrected chi connectivity index (χ0v) is 21.4. The normalized spacial score (nSPS) is 15.7. The maximum atomic E-state index is 12.6. The first-order valence-electron chi connectivity index (χ1n) is 12.2. The maximum absolute atomic E-state index is 12.6. The highest BCUT2D eigenvalue weighted by Crippen LogP contribution is 2.20. The van der Waals surface area contributed by atoms with E-state index in [1.165, 1.54) is 9.87 Å². The molecule has 0 radical (unpaired) electrons. The number of piperidine rings is 1. The van der Waals surface area contributed by atoms with Gasteiger partial charge in [-0.1, -0.05) is 44.2 Å². The Hall–Kier alpha value is -2.26. The summed E-state index contributed by atoms with van der Waals surface area (Å²) in [6.07, 6.45) is 2.18. The summed E-state index contributed by atoms with van der Waals surface area (Å²) in [5, 5.41) is 2.90. The topological polar surface area (TPSA) is 73.0 Å². The molecule has 0 saturated carbocycles. The van der Waals surface area contributed by atoms with Crippen molar-refractivity contribution in [2.24, 2.45) is 5.92 Å². The van der Waals surface area contributed by atoms with Crippen molar-refractivity contribution in [3.05, 3.63) is 60.2 Å². The fourth-order valence-corrected chi connectivity index (χ4v) is 6.01. The average Bonchev–Trinajstić information content (AvgIpc) is 2.82. The summed E-state index contributed by atoms with van der Waals surface area (Å²) in [4.78, 5) is 17.4. The van der Waals surface area contributed by atoms with Crippen molar-refractivity contribution in [3.8, 4) is 0 Å². The fraction of sp³-hybridized carbons (Fsp3) is 0.500. The Morgan fingerprint density at radius 2 is 1.62 bits per heavy atom. The van der Waals surface area contributed by atoms with Gasteiger partial charge in [-0.3, -0.25) is 9.69 Å². The molecule has 1 heterocycles. The monoisotopic (exact) mass is 486 g/mol. The molecule has 186 valence electrons. The minimum absolute atomic E-state index is 0.0704. The molecule has 1 N–H and O–H groups in total. The summed E-state index contributed by atoms with van der Waals surface area (Å²) >= 11 is 0. The number of nitrogens with zero attached hydrogens (tertiary/aromatic N) is 3. The predicted molar refractivity (Wildman–Crippen MR) is 137 cm³/mol. The van der Waals surface area contributed by atoms with Gasteiger partial charge >= 0.3 is 0 Å². The van der Waals surface area contributed by atoms with Crippen LogP contribution in [0.5, 0.6) is 0 Å². The van der Waals surface area contributed by atoms with Gasteiger partial charge in [-0.05, 0) is 68.7 Å². The summed E-state index contributed by atoms with van der Waals surface area (Å²) < 4.78 is 26.6. The van der Waals surface area contributed by atoms with E-state index >= 15 is 0 Å². The SMILES string of the molecule is CCN(CC)S(=O)(=O)c1ccc(NC(=O)CN2CCC(CN(C)Cc3ccccc3)CC2)cc1. The Bertz CT molecular complexity index is 1000. The van der Waals surface area contributed by atoms with E-state index in [9.17, 15) is 13.2 Å². The Balaban J connectivity index is 1.42. The fourth-order valence-electron chi connectivity index (χ4n) is 4.55. The van der Waals surface area contributed by atoms with Crippen molar-refractivity contribution in [1.29, 1.82) is 0 Å². The van der Waals surface area contributed by atoms with Gasteiger partial charge < -0.3 is 10.2 Å². The molecule has 34 heavy (non-hydrogen) atoms. The van der Waals surface area contributed by atoms with Gasteiger partial charge in [0.05, 0.1) is 11.4 Å². The quantitative estimate of drug-likeness (QED) is 0.526. The Morgan fingerprint density at radius 3 is 2.21 bits per heavy atom. The molecule has 0 aromatic heterocycles. The van der Waals surface area contributed by atoms with Crippen LogP contribution >= 0.6 is 0 Å². The molecule has 1 fully saturated rings. The summed E-state index contributed by atoms with van der Waals surface area (Å²) in [6, 6.07) is 16.9. The van der Waals surface area contributed by atoms with Crippen LogP contribution in [0.25, 0.3) is 0 Å². The van der Waals surface area contributed by atoms with E-state index in [2.05, 4.69) is 46.4 Å². The lowest BCUT2D eigenvalue weighted by Crippen LogP contribution is -2.41. The van der Waals surface area contributed by atoms with Crippen molar-refractivity contribution in [1.82, 2.24) is 14.1 Å². The van der Waals surface area contributed by atoms with Gasteiger partial charge in [0, 0.05) is 31.9 Å². The van der Waals surface area contributed by atoms with Gasteiger partial charge in [-0.25, -0.2) is 8.42 Å². The third-order valence-electron chi connectivity index (χ3n) is 6.42. The molecule has 7 nitrogen and oxygen atoms in total. The van der Waals surface area contributed by atoms with Crippen LogP contribution in [0, 0.1) is 5.92 Å². The lowest BCUT2D eigenvalue weighted by atomic mass is 9.96. The zero-order chi connectivity index (χ0) is 24.6. The highest BCUT2D eigenvalue weighted by molar-refractivity contribution is 7.89. The number of carbonyl (C=O) groups is 1. The van der Waals surface area contributed by atoms with Gasteiger partial charge in [0.25, 0.3) is 0 Å². The molecule has 1 saturated heterocycles. The number of hydrogen-bond donors (Lipinski definition) is 1. The molecular weight excluding hydrogens is 448 g/mol. The molecule has 0 unspecified atom stereocenters. The molecule has 1 amide bonds. The molecule has 2 aromatic carbocycles. The Morgan fingerprint density at radius 1 is 1.00 bits per heavy atom. The van der Waals surface area contributed by atoms with E-state index in [1.54, 1.807) is 24.3 Å². The van der Waals surface area contributed by atoms with E-state index in [0.29, 0.717) is 31.2 Å². The number of rotatable bonds is 11. The standard InChI is InChI=1S/C26H38N4O3S/c1-4-30(5-2)34(32,33)25-13-11-24(12-14-25)27-26(31)21-29-17-15-23(16-18-29)20-28(3)19-22-9-7-6-8-10-22/h6-14,23H,4-5,15-21H2,1-3H3,(H,27,31). The van der Waals surface area contributed by atoms with Crippen molar-refractivity contribution >= 4 is 21.6 Å². The van der Waals surface area contributed by atoms with E-state index in [-0.39, 0.29) is 10.8 Å². The number of carbonyl (C=O) groups excluding carboxylic acids is 1. The summed E-state index contributed by atoms with van der Waals surface area (Å²) in [7, 11) is -1.32. The molecule has 2 aromatic rings. The second-order valence-electron chi connectivity index (χ2n) is 9.06. The summed E-state index contributed by atoms with van der Waals surface area (Å²) in [5.74, 6) is 0.576. The first kappa shape index (κ1) is 26.3. The number of amides is 1. The zero-order valence-electron chi connectivity index (χ0n) is 20.6. The van der Waals surface area contributed by atoms with Crippen LogP contribution in [0.15, 0.2) is 59.5 Å². The van der Waals surface area contributed by atoms with Crippen molar-refractivity contribution in [3.63, 3.8) is 0 Å². The minimum atomic E-state index is -3.49. The number of benzene rings is 2. The number of hydrogen-bond acceptors (Lipinski definition) is 5. The highest BCUT2D eigenvalue weighted by Gasteiger charge is 2.23. The lowest BCUT2D eigenvalue weighted by molar-refractivity contribution is -0.117. The van der Waals surface area contributed by atoms with Crippen LogP contribution in [0.3, 0.4) is 0 Å². The van der Waals surface area contributed by atoms with E-state index < -0.39 is 10.0 Å². The second-order valence-corrected chi connectivity index (χ2v) is 11.0. The second kappa shape index (κ2) is 12.4. The molecule has 3 rings (SSSR count). The molecular formula is C26H38N4O3S. The largest absolute Gasteiger partial charge is 0.325 e. The predicted octanol–water partition coefficient (Wildman–Crippen LogP) is 3.50. The molecule has 0 spiro atoms. The highest BCUT2D eigenvalue weighted by atomic mass is 32.2. The van der Waals surface area contributed by atoms with Crippen LogP contribution in [0.4, 0.5) is 5.69 Å². The third-order valence-corrected chi connectivity index (χ3v) is 8.48. The Kier molecular flexibility index (Phi) is 9.64. The van der Waals surface area contributed by atoms with Crippen molar-refractivity contribution in [2.45, 2.75) is 38.1 Å². The van der Waals surface area contributed by atoms with E-state index in [4.69, 9.17) is 0 Å². The first-order valence-corrected chi connectivity index (χ1v) is 13.6. The first-order chi connectivity index (χ1) is 16.3. The number of nitrogens with one attached hydrogen (secondary N) is 1. The van der Waals surface area contributed by atoms with Gasteiger partial charge in [0.15, 0.2) is 0 Å². The van der Waals surface area contributed by atoms with Crippen molar-refractivity contribution in [2.75, 3.05) is 51.6 Å². The third kappa shape index (κ3) is 7.37. The average molecular weight is 487 g/mol. The summed E-state index contributed by atoms with van der Waals surface area (Å²) in [5.41, 5.74) is 1.94. The molecule has 8 heteroatoms. The van der Waals surface area contributed by atoms with E-state index in [1.807, 2.05) is 19.9 Å². The van der Waals surface area contributed by atoms with Crippen LogP contribution < -0.4 is 5.32 Å².